The summed E-state index contributed by atoms with van der Waals surface area (Å²) in [6.45, 7) is 0.688. The van der Waals surface area contributed by atoms with Crippen LogP contribution in [0.5, 0.6) is 0 Å². The normalized spacial score (nSPS) is 15.9. The monoisotopic (exact) mass is 449 g/mol. The van der Waals surface area contributed by atoms with Gasteiger partial charge in [-0.05, 0) is 24.0 Å². The minimum Gasteiger partial charge on any atom is -0.372 e. The van der Waals surface area contributed by atoms with Crippen LogP contribution in [0.3, 0.4) is 0 Å². The predicted molar refractivity (Wildman–Crippen MR) is 123 cm³/mol. The van der Waals surface area contributed by atoms with Crippen LogP contribution >= 0.6 is 11.3 Å². The van der Waals surface area contributed by atoms with Crippen molar-refractivity contribution in [2.75, 3.05) is 25.5 Å². The average molecular weight is 450 g/mol. The number of likely N-dealkylation sites (tertiary alicyclic amines) is 1. The molecule has 10 heteroatoms. The lowest BCUT2D eigenvalue weighted by Gasteiger charge is -2.23. The molecule has 0 saturated carbocycles. The van der Waals surface area contributed by atoms with Crippen LogP contribution in [0.25, 0.3) is 26.7 Å². The van der Waals surface area contributed by atoms with E-state index in [9.17, 15) is 9.59 Å². The van der Waals surface area contributed by atoms with Gasteiger partial charge in [0.05, 0.1) is 35.6 Å². The van der Waals surface area contributed by atoms with Gasteiger partial charge in [0.1, 0.15) is 11.6 Å². The first-order chi connectivity index (χ1) is 15.7. The lowest BCUT2D eigenvalue weighted by molar-refractivity contribution is -0.132. The number of nitrogens with one attached hydrogen (secondary N) is 3. The maximum atomic E-state index is 12.4. The molecule has 2 amide bonds. The van der Waals surface area contributed by atoms with Gasteiger partial charge in [0.15, 0.2) is 4.96 Å². The van der Waals surface area contributed by atoms with Crippen LogP contribution in [-0.4, -0.2) is 56.7 Å². The molecule has 1 aromatic carbocycles. The SMILES string of the molecule is CNc1cn2cc(-c3ccc(-c4cnc([C@@H]5CCCN5C(=O)CNC=O)[nH]4)cc3)sc2n1. The number of imidazole rings is 2. The number of carbonyl (C=O) groups excluding carboxylic acids is 2. The Balaban J connectivity index is 1.33. The molecule has 0 unspecified atom stereocenters. The predicted octanol–water partition coefficient (Wildman–Crippen LogP) is 2.90. The van der Waals surface area contributed by atoms with E-state index in [-0.39, 0.29) is 18.5 Å². The summed E-state index contributed by atoms with van der Waals surface area (Å²) in [5, 5.41) is 5.50. The van der Waals surface area contributed by atoms with E-state index in [4.69, 9.17) is 0 Å². The van der Waals surface area contributed by atoms with Gasteiger partial charge in [-0.2, -0.15) is 0 Å². The summed E-state index contributed by atoms with van der Waals surface area (Å²) in [6.07, 6.45) is 8.19. The van der Waals surface area contributed by atoms with E-state index in [2.05, 4.69) is 56.0 Å². The molecule has 164 valence electrons. The lowest BCUT2D eigenvalue weighted by Crippen LogP contribution is -2.37. The zero-order valence-electron chi connectivity index (χ0n) is 17.5. The molecule has 3 N–H and O–H groups in total. The third-order valence-corrected chi connectivity index (χ3v) is 6.76. The summed E-state index contributed by atoms with van der Waals surface area (Å²) in [5.41, 5.74) is 3.08. The Hall–Kier alpha value is -3.66. The number of rotatable bonds is 7. The summed E-state index contributed by atoms with van der Waals surface area (Å²) in [6, 6.07) is 8.24. The van der Waals surface area contributed by atoms with Crippen molar-refractivity contribution >= 4 is 34.4 Å². The minimum atomic E-state index is -0.0916. The molecule has 0 aliphatic carbocycles. The van der Waals surface area contributed by atoms with Crippen molar-refractivity contribution in [1.82, 2.24) is 29.6 Å². The molecule has 0 bridgehead atoms. The number of carbonyl (C=O) groups is 2. The maximum Gasteiger partial charge on any atom is 0.242 e. The van der Waals surface area contributed by atoms with E-state index >= 15 is 0 Å². The Morgan fingerprint density at radius 3 is 2.84 bits per heavy atom. The number of nitrogens with zero attached hydrogens (tertiary/aromatic N) is 4. The van der Waals surface area contributed by atoms with Crippen LogP contribution < -0.4 is 10.6 Å². The number of amides is 2. The topological polar surface area (TPSA) is 107 Å². The van der Waals surface area contributed by atoms with E-state index in [1.54, 1.807) is 16.2 Å². The van der Waals surface area contributed by atoms with Crippen LogP contribution in [0.2, 0.25) is 0 Å². The number of H-pyrrole nitrogens is 1. The zero-order valence-corrected chi connectivity index (χ0v) is 18.4. The minimum absolute atomic E-state index is 0.0127. The van der Waals surface area contributed by atoms with Gasteiger partial charge in [-0.15, -0.1) is 0 Å². The molecular weight excluding hydrogens is 426 g/mol. The average Bonchev–Trinajstić information content (AvgIpc) is 3.59. The van der Waals surface area contributed by atoms with Crippen LogP contribution in [-0.2, 0) is 9.59 Å². The molecule has 32 heavy (non-hydrogen) atoms. The molecule has 0 spiro atoms. The van der Waals surface area contributed by atoms with Crippen LogP contribution in [0.15, 0.2) is 42.9 Å². The van der Waals surface area contributed by atoms with Gasteiger partial charge in [0, 0.05) is 19.8 Å². The standard InChI is InChI=1S/C22H23N7O2S/c1-23-19-12-28-11-18(32-22(28)27-19)15-6-4-14(5-7-15)16-9-25-21(26-16)17-3-2-8-29(17)20(31)10-24-13-30/h4-7,9,11-13,17,23H,2-3,8,10H2,1H3,(H,24,30)(H,25,26)/t17-/m0/s1. The molecule has 4 heterocycles. The second-order valence-corrected chi connectivity index (χ2v) is 8.67. The number of hydrogen-bond donors (Lipinski definition) is 3. The highest BCUT2D eigenvalue weighted by atomic mass is 32.1. The highest BCUT2D eigenvalue weighted by Crippen LogP contribution is 2.33. The van der Waals surface area contributed by atoms with Crippen molar-refractivity contribution in [3.8, 4) is 21.7 Å². The fraction of sp³-hybridized carbons (Fsp3) is 0.273. The number of hydrogen-bond acceptors (Lipinski definition) is 6. The third kappa shape index (κ3) is 3.73. The van der Waals surface area contributed by atoms with E-state index in [1.807, 2.05) is 23.8 Å². The number of aromatic nitrogens is 4. The smallest absolute Gasteiger partial charge is 0.242 e. The van der Waals surface area contributed by atoms with Crippen molar-refractivity contribution in [2.45, 2.75) is 18.9 Å². The third-order valence-electron chi connectivity index (χ3n) is 5.71. The van der Waals surface area contributed by atoms with Crippen LogP contribution in [0, 0.1) is 0 Å². The Kier molecular flexibility index (Phi) is 5.36. The number of fused-ring (bicyclic) bond motifs is 1. The van der Waals surface area contributed by atoms with Crippen molar-refractivity contribution in [3.63, 3.8) is 0 Å². The molecular formula is C22H23N7O2S. The molecule has 0 radical (unpaired) electrons. The van der Waals surface area contributed by atoms with Gasteiger partial charge in [0.25, 0.3) is 0 Å². The summed E-state index contributed by atoms with van der Waals surface area (Å²) >= 11 is 1.64. The quantitative estimate of drug-likeness (QED) is 0.376. The van der Waals surface area contributed by atoms with Gasteiger partial charge in [-0.3, -0.25) is 14.0 Å². The fourth-order valence-electron chi connectivity index (χ4n) is 4.10. The number of thiazole rings is 1. The first-order valence-electron chi connectivity index (χ1n) is 10.4. The molecule has 1 atom stereocenters. The van der Waals surface area contributed by atoms with Gasteiger partial charge in [-0.1, -0.05) is 35.6 Å². The second kappa shape index (κ2) is 8.46. The van der Waals surface area contributed by atoms with Gasteiger partial charge >= 0.3 is 0 Å². The van der Waals surface area contributed by atoms with E-state index < -0.39 is 0 Å². The fourth-order valence-corrected chi connectivity index (χ4v) is 5.07. The lowest BCUT2D eigenvalue weighted by atomic mass is 10.1. The highest BCUT2D eigenvalue weighted by molar-refractivity contribution is 7.20. The van der Waals surface area contributed by atoms with Crippen molar-refractivity contribution in [3.05, 3.63) is 48.7 Å². The van der Waals surface area contributed by atoms with Crippen LogP contribution in [0.1, 0.15) is 24.7 Å². The van der Waals surface area contributed by atoms with E-state index in [0.29, 0.717) is 13.0 Å². The number of benzene rings is 1. The Morgan fingerprint density at radius 2 is 2.09 bits per heavy atom. The largest absolute Gasteiger partial charge is 0.372 e. The summed E-state index contributed by atoms with van der Waals surface area (Å²) < 4.78 is 2.03. The first-order valence-corrected chi connectivity index (χ1v) is 11.3. The molecule has 9 nitrogen and oxygen atoms in total. The Bertz CT molecular complexity index is 1230. The summed E-state index contributed by atoms with van der Waals surface area (Å²) in [7, 11) is 1.86. The molecule has 4 aromatic rings. The highest BCUT2D eigenvalue weighted by Gasteiger charge is 2.31. The molecule has 1 fully saturated rings. The molecule has 1 aliphatic rings. The van der Waals surface area contributed by atoms with Gasteiger partial charge in [-0.25, -0.2) is 9.97 Å². The Labute approximate surface area is 188 Å². The number of aromatic amines is 1. The van der Waals surface area contributed by atoms with E-state index in [0.717, 1.165) is 51.1 Å². The zero-order chi connectivity index (χ0) is 22.1. The van der Waals surface area contributed by atoms with Crippen LogP contribution in [0.4, 0.5) is 5.82 Å². The number of anilines is 1. The van der Waals surface area contributed by atoms with Gasteiger partial charge < -0.3 is 20.5 Å². The second-order valence-electron chi connectivity index (χ2n) is 7.66. The van der Waals surface area contributed by atoms with Crippen molar-refractivity contribution in [2.24, 2.45) is 0 Å². The molecule has 1 saturated heterocycles. The summed E-state index contributed by atoms with van der Waals surface area (Å²) in [5.74, 6) is 1.54. The Morgan fingerprint density at radius 1 is 1.28 bits per heavy atom. The van der Waals surface area contributed by atoms with Gasteiger partial charge in [0.2, 0.25) is 12.3 Å². The summed E-state index contributed by atoms with van der Waals surface area (Å²) in [4.78, 5) is 39.2. The van der Waals surface area contributed by atoms with Crippen molar-refractivity contribution in [1.29, 1.82) is 0 Å². The molecule has 5 rings (SSSR count). The van der Waals surface area contributed by atoms with E-state index in [1.165, 1.54) is 0 Å². The maximum absolute atomic E-state index is 12.4. The molecule has 3 aromatic heterocycles. The molecule has 1 aliphatic heterocycles. The van der Waals surface area contributed by atoms with Crippen molar-refractivity contribution < 1.29 is 9.59 Å². The first kappa shape index (κ1) is 20.3.